The van der Waals surface area contributed by atoms with Crippen LogP contribution in [0.2, 0.25) is 5.02 Å². The van der Waals surface area contributed by atoms with E-state index in [0.29, 0.717) is 5.69 Å². The minimum atomic E-state index is -0.717. The molecular formula is C14H10BrClFNO. The summed E-state index contributed by atoms with van der Waals surface area (Å²) in [5, 5.41) is 2.58. The number of benzene rings is 2. The lowest BCUT2D eigenvalue weighted by Crippen LogP contribution is -2.14. The maximum atomic E-state index is 13.7. The number of aryl methyl sites for hydroxylation is 1. The van der Waals surface area contributed by atoms with Gasteiger partial charge in [0.05, 0.1) is 16.3 Å². The van der Waals surface area contributed by atoms with Crippen LogP contribution in [0.25, 0.3) is 0 Å². The molecule has 2 rings (SSSR count). The van der Waals surface area contributed by atoms with Crippen LogP contribution in [-0.2, 0) is 0 Å². The fraction of sp³-hybridized carbons (Fsp3) is 0.0714. The third-order valence-electron chi connectivity index (χ3n) is 2.64. The lowest BCUT2D eigenvalue weighted by molar-refractivity contribution is 0.102. The largest absolute Gasteiger partial charge is 0.321 e. The summed E-state index contributed by atoms with van der Waals surface area (Å²) in [6.45, 7) is 1.90. The molecule has 0 unspecified atom stereocenters. The van der Waals surface area contributed by atoms with Crippen molar-refractivity contribution in [3.63, 3.8) is 0 Å². The van der Waals surface area contributed by atoms with Crippen molar-refractivity contribution in [1.82, 2.24) is 0 Å². The van der Waals surface area contributed by atoms with Crippen molar-refractivity contribution >= 4 is 39.1 Å². The standard InChI is InChI=1S/C14H10BrClFNO/c1-8-4-2-7-11(12(8)15)18-14(19)9-5-3-6-10(16)13(9)17/h2-7H,1H3,(H,18,19). The Labute approximate surface area is 123 Å². The summed E-state index contributed by atoms with van der Waals surface area (Å²) in [6.07, 6.45) is 0. The normalized spacial score (nSPS) is 10.3. The molecule has 2 aromatic carbocycles. The highest BCUT2D eigenvalue weighted by Gasteiger charge is 2.15. The van der Waals surface area contributed by atoms with E-state index < -0.39 is 11.7 Å². The molecule has 0 aliphatic heterocycles. The topological polar surface area (TPSA) is 29.1 Å². The van der Waals surface area contributed by atoms with Crippen LogP contribution in [-0.4, -0.2) is 5.91 Å². The number of rotatable bonds is 2. The van der Waals surface area contributed by atoms with Gasteiger partial charge < -0.3 is 5.32 Å². The summed E-state index contributed by atoms with van der Waals surface area (Å²) in [5.41, 5.74) is 1.48. The maximum Gasteiger partial charge on any atom is 0.258 e. The number of carbonyl (C=O) groups excluding carboxylic acids is 1. The minimum absolute atomic E-state index is 0.0732. The molecule has 0 bridgehead atoms. The number of amides is 1. The zero-order valence-corrected chi connectivity index (χ0v) is 12.3. The van der Waals surface area contributed by atoms with Gasteiger partial charge in [-0.2, -0.15) is 0 Å². The van der Waals surface area contributed by atoms with Crippen LogP contribution in [0.3, 0.4) is 0 Å². The van der Waals surface area contributed by atoms with Gasteiger partial charge in [-0.25, -0.2) is 4.39 Å². The molecule has 0 atom stereocenters. The SMILES string of the molecule is Cc1cccc(NC(=O)c2cccc(Cl)c2F)c1Br. The first-order chi connectivity index (χ1) is 9.00. The first kappa shape index (κ1) is 14.0. The number of hydrogen-bond acceptors (Lipinski definition) is 1. The van der Waals surface area contributed by atoms with Gasteiger partial charge in [-0.1, -0.05) is 29.8 Å². The molecule has 5 heteroatoms. The van der Waals surface area contributed by atoms with Gasteiger partial charge in [0.2, 0.25) is 0 Å². The molecule has 0 aliphatic carbocycles. The molecule has 2 aromatic rings. The maximum absolute atomic E-state index is 13.7. The average Bonchev–Trinajstić information content (AvgIpc) is 2.38. The molecule has 19 heavy (non-hydrogen) atoms. The first-order valence-corrected chi connectivity index (χ1v) is 6.68. The molecule has 1 amide bonds. The highest BCUT2D eigenvalue weighted by atomic mass is 79.9. The fourth-order valence-corrected chi connectivity index (χ4v) is 2.15. The second kappa shape index (κ2) is 5.72. The van der Waals surface area contributed by atoms with E-state index in [1.165, 1.54) is 18.2 Å². The zero-order chi connectivity index (χ0) is 14.0. The summed E-state index contributed by atoms with van der Waals surface area (Å²) < 4.78 is 14.5. The molecule has 0 aromatic heterocycles. The Morgan fingerprint density at radius 3 is 2.68 bits per heavy atom. The van der Waals surface area contributed by atoms with Crippen LogP contribution >= 0.6 is 27.5 Å². The molecule has 0 saturated heterocycles. The van der Waals surface area contributed by atoms with E-state index in [0.717, 1.165) is 10.0 Å². The number of carbonyl (C=O) groups is 1. The van der Waals surface area contributed by atoms with E-state index in [-0.39, 0.29) is 10.6 Å². The van der Waals surface area contributed by atoms with Crippen LogP contribution in [0.4, 0.5) is 10.1 Å². The van der Waals surface area contributed by atoms with Gasteiger partial charge in [0.25, 0.3) is 5.91 Å². The van der Waals surface area contributed by atoms with E-state index in [2.05, 4.69) is 21.2 Å². The molecule has 0 heterocycles. The summed E-state index contributed by atoms with van der Waals surface area (Å²) >= 11 is 9.03. The Kier molecular flexibility index (Phi) is 4.22. The van der Waals surface area contributed by atoms with E-state index in [4.69, 9.17) is 11.6 Å². The monoisotopic (exact) mass is 341 g/mol. The van der Waals surface area contributed by atoms with Gasteiger partial charge in [0.1, 0.15) is 0 Å². The summed E-state index contributed by atoms with van der Waals surface area (Å²) in [6, 6.07) is 9.77. The van der Waals surface area contributed by atoms with Crippen LogP contribution in [0.1, 0.15) is 15.9 Å². The van der Waals surface area contributed by atoms with Crippen LogP contribution in [0, 0.1) is 12.7 Å². The Morgan fingerprint density at radius 2 is 1.95 bits per heavy atom. The molecular weight excluding hydrogens is 333 g/mol. The Morgan fingerprint density at radius 1 is 1.26 bits per heavy atom. The molecule has 0 radical (unpaired) electrons. The number of halogens is 3. The fourth-order valence-electron chi connectivity index (χ4n) is 1.61. The van der Waals surface area contributed by atoms with Gasteiger partial charge >= 0.3 is 0 Å². The molecule has 0 saturated carbocycles. The molecule has 1 N–H and O–H groups in total. The van der Waals surface area contributed by atoms with Crippen LogP contribution < -0.4 is 5.32 Å². The van der Waals surface area contributed by atoms with E-state index in [9.17, 15) is 9.18 Å². The first-order valence-electron chi connectivity index (χ1n) is 5.51. The highest BCUT2D eigenvalue weighted by Crippen LogP contribution is 2.27. The minimum Gasteiger partial charge on any atom is -0.321 e. The van der Waals surface area contributed by atoms with Crippen molar-refractivity contribution < 1.29 is 9.18 Å². The summed E-state index contributed by atoms with van der Waals surface area (Å²) in [7, 11) is 0. The predicted octanol–water partition coefficient (Wildman–Crippen LogP) is 4.80. The smallest absolute Gasteiger partial charge is 0.258 e. The zero-order valence-electron chi connectivity index (χ0n) is 10.0. The lowest BCUT2D eigenvalue weighted by Gasteiger charge is -2.10. The van der Waals surface area contributed by atoms with Crippen molar-refractivity contribution in [1.29, 1.82) is 0 Å². The third-order valence-corrected chi connectivity index (χ3v) is 3.98. The second-order valence-corrected chi connectivity index (χ2v) is 5.19. The Balaban J connectivity index is 2.31. The van der Waals surface area contributed by atoms with Crippen molar-refractivity contribution in [2.45, 2.75) is 6.92 Å². The van der Waals surface area contributed by atoms with Gasteiger partial charge in [-0.15, -0.1) is 0 Å². The number of anilines is 1. The molecule has 0 spiro atoms. The third kappa shape index (κ3) is 2.96. The Hall–Kier alpha value is -1.39. The van der Waals surface area contributed by atoms with Gasteiger partial charge in [-0.3, -0.25) is 4.79 Å². The van der Waals surface area contributed by atoms with Gasteiger partial charge in [0.15, 0.2) is 5.82 Å². The van der Waals surface area contributed by atoms with Crippen molar-refractivity contribution in [2.24, 2.45) is 0 Å². The molecule has 98 valence electrons. The van der Waals surface area contributed by atoms with Crippen molar-refractivity contribution in [3.8, 4) is 0 Å². The van der Waals surface area contributed by atoms with Crippen molar-refractivity contribution in [2.75, 3.05) is 5.32 Å². The van der Waals surface area contributed by atoms with Crippen LogP contribution in [0.15, 0.2) is 40.9 Å². The van der Waals surface area contributed by atoms with E-state index in [1.54, 1.807) is 6.07 Å². The number of nitrogens with one attached hydrogen (secondary N) is 1. The van der Waals surface area contributed by atoms with Crippen molar-refractivity contribution in [3.05, 3.63) is 62.8 Å². The predicted molar refractivity (Wildman–Crippen MR) is 78.2 cm³/mol. The highest BCUT2D eigenvalue weighted by molar-refractivity contribution is 9.10. The molecule has 0 fully saturated rings. The molecule has 2 nitrogen and oxygen atoms in total. The average molecular weight is 343 g/mol. The van der Waals surface area contributed by atoms with Crippen LogP contribution in [0.5, 0.6) is 0 Å². The Bertz CT molecular complexity index is 645. The van der Waals surface area contributed by atoms with E-state index in [1.807, 2.05) is 19.1 Å². The van der Waals surface area contributed by atoms with Gasteiger partial charge in [0, 0.05) is 4.47 Å². The summed E-state index contributed by atoms with van der Waals surface area (Å²) in [4.78, 5) is 12.0. The van der Waals surface area contributed by atoms with E-state index >= 15 is 0 Å². The van der Waals surface area contributed by atoms with Gasteiger partial charge in [-0.05, 0) is 46.6 Å². The molecule has 0 aliphatic rings. The lowest BCUT2D eigenvalue weighted by atomic mass is 10.1. The quantitative estimate of drug-likeness (QED) is 0.834. The second-order valence-electron chi connectivity index (χ2n) is 3.99. The summed E-state index contributed by atoms with van der Waals surface area (Å²) in [5.74, 6) is -1.25. The number of hydrogen-bond donors (Lipinski definition) is 1.